The lowest BCUT2D eigenvalue weighted by atomic mass is 9.99. The summed E-state index contributed by atoms with van der Waals surface area (Å²) < 4.78 is 33.0. The summed E-state index contributed by atoms with van der Waals surface area (Å²) in [6.07, 6.45) is 1.98. The fraction of sp³-hybridized carbons (Fsp3) is 0.923. The molecule has 2 heterocycles. The van der Waals surface area contributed by atoms with Crippen LogP contribution in [0.1, 0.15) is 19.3 Å². The van der Waals surface area contributed by atoms with Gasteiger partial charge in [-0.15, -0.1) is 0 Å². The van der Waals surface area contributed by atoms with Gasteiger partial charge in [0.2, 0.25) is 0 Å². The van der Waals surface area contributed by atoms with Crippen LogP contribution in [0.25, 0.3) is 0 Å². The first kappa shape index (κ1) is 16.7. The predicted octanol–water partition coefficient (Wildman–Crippen LogP) is -0.342. The Morgan fingerprint density at radius 2 is 1.81 bits per heavy atom. The summed E-state index contributed by atoms with van der Waals surface area (Å²) in [6.45, 7) is 2.81. The molecule has 0 aliphatic carbocycles. The quantitative estimate of drug-likeness (QED) is 0.701. The van der Waals surface area contributed by atoms with Crippen molar-refractivity contribution in [2.24, 2.45) is 11.8 Å². The second-order valence-corrected chi connectivity index (χ2v) is 7.70. The maximum atomic E-state index is 12.6. The average Bonchev–Trinajstić information content (AvgIpc) is 2.96. The lowest BCUT2D eigenvalue weighted by Crippen LogP contribution is -2.47. The van der Waals surface area contributed by atoms with Crippen molar-refractivity contribution >= 4 is 16.2 Å². The van der Waals surface area contributed by atoms with Crippen LogP contribution in [0.3, 0.4) is 0 Å². The molecule has 0 amide bonds. The third-order valence-corrected chi connectivity index (χ3v) is 6.38. The normalized spacial score (nSPS) is 26.1. The minimum Gasteiger partial charge on any atom is -0.469 e. The Bertz CT molecular complexity index is 460. The molecule has 21 heavy (non-hydrogen) atoms. The maximum Gasteiger partial charge on any atom is 0.308 e. The number of carbonyl (C=O) groups excluding carboxylic acids is 1. The Balaban J connectivity index is 1.91. The minimum atomic E-state index is -3.38. The molecule has 2 saturated heterocycles. The molecular formula is C13H25N3O4S. The Kier molecular flexibility index (Phi) is 5.59. The highest BCUT2D eigenvalue weighted by molar-refractivity contribution is 7.86. The molecule has 0 aromatic carbocycles. The summed E-state index contributed by atoms with van der Waals surface area (Å²) in [4.78, 5) is 11.5. The Morgan fingerprint density at radius 3 is 2.38 bits per heavy atom. The number of esters is 1. The van der Waals surface area contributed by atoms with Crippen molar-refractivity contribution in [3.05, 3.63) is 0 Å². The molecule has 2 aliphatic rings. The molecular weight excluding hydrogens is 294 g/mol. The van der Waals surface area contributed by atoms with E-state index in [-0.39, 0.29) is 11.9 Å². The van der Waals surface area contributed by atoms with Gasteiger partial charge < -0.3 is 10.1 Å². The van der Waals surface area contributed by atoms with Crippen LogP contribution < -0.4 is 5.32 Å². The van der Waals surface area contributed by atoms with E-state index in [2.05, 4.69) is 5.32 Å². The maximum absolute atomic E-state index is 12.6. The number of nitrogens with one attached hydrogen (secondary N) is 1. The van der Waals surface area contributed by atoms with Crippen molar-refractivity contribution in [3.8, 4) is 0 Å². The summed E-state index contributed by atoms with van der Waals surface area (Å²) in [5.41, 5.74) is 0. The topological polar surface area (TPSA) is 79.0 Å². The van der Waals surface area contributed by atoms with E-state index in [9.17, 15) is 13.2 Å². The standard InChI is InChI=1S/C13H25N3O4S/c1-14-9-11-3-6-16(10-11)21(18,19)15-7-4-12(5-8-15)13(17)20-2/h11-12,14H,3-10H2,1-2H3. The summed E-state index contributed by atoms with van der Waals surface area (Å²) >= 11 is 0. The third kappa shape index (κ3) is 3.74. The van der Waals surface area contributed by atoms with Crippen LogP contribution in [0.4, 0.5) is 0 Å². The largest absolute Gasteiger partial charge is 0.469 e. The number of hydrogen-bond acceptors (Lipinski definition) is 5. The first-order valence-electron chi connectivity index (χ1n) is 7.46. The highest BCUT2D eigenvalue weighted by Crippen LogP contribution is 2.25. The number of piperidine rings is 1. The fourth-order valence-corrected chi connectivity index (χ4v) is 4.85. The van der Waals surface area contributed by atoms with Gasteiger partial charge in [-0.3, -0.25) is 4.79 Å². The van der Waals surface area contributed by atoms with E-state index in [1.165, 1.54) is 11.4 Å². The minimum absolute atomic E-state index is 0.169. The van der Waals surface area contributed by atoms with Crippen molar-refractivity contribution in [2.75, 3.05) is 46.9 Å². The molecule has 0 radical (unpaired) electrons. The molecule has 2 rings (SSSR count). The molecule has 7 nitrogen and oxygen atoms in total. The van der Waals surface area contributed by atoms with E-state index in [4.69, 9.17) is 4.74 Å². The van der Waals surface area contributed by atoms with Gasteiger partial charge in [-0.2, -0.15) is 17.0 Å². The van der Waals surface area contributed by atoms with E-state index >= 15 is 0 Å². The van der Waals surface area contributed by atoms with Crippen molar-refractivity contribution in [1.82, 2.24) is 13.9 Å². The highest BCUT2D eigenvalue weighted by atomic mass is 32.2. The molecule has 0 saturated carbocycles. The predicted molar refractivity (Wildman–Crippen MR) is 78.8 cm³/mol. The summed E-state index contributed by atoms with van der Waals surface area (Å²) in [5.74, 6) is -0.0169. The number of methoxy groups -OCH3 is 1. The van der Waals surface area contributed by atoms with Crippen LogP contribution >= 0.6 is 0 Å². The van der Waals surface area contributed by atoms with Crippen molar-refractivity contribution in [1.29, 1.82) is 0 Å². The van der Waals surface area contributed by atoms with Crippen molar-refractivity contribution in [2.45, 2.75) is 19.3 Å². The smallest absolute Gasteiger partial charge is 0.308 e. The average molecular weight is 319 g/mol. The number of ether oxygens (including phenoxy) is 1. The fourth-order valence-electron chi connectivity index (χ4n) is 3.11. The molecule has 1 unspecified atom stereocenters. The van der Waals surface area contributed by atoms with Gasteiger partial charge in [-0.25, -0.2) is 0 Å². The first-order valence-corrected chi connectivity index (χ1v) is 8.86. The lowest BCUT2D eigenvalue weighted by Gasteiger charge is -2.32. The molecule has 122 valence electrons. The monoisotopic (exact) mass is 319 g/mol. The van der Waals surface area contributed by atoms with Crippen LogP contribution in [0.15, 0.2) is 0 Å². The van der Waals surface area contributed by atoms with Crippen molar-refractivity contribution < 1.29 is 17.9 Å². The van der Waals surface area contributed by atoms with Gasteiger partial charge in [0, 0.05) is 26.2 Å². The Morgan fingerprint density at radius 1 is 1.19 bits per heavy atom. The second-order valence-electron chi connectivity index (χ2n) is 5.77. The number of hydrogen-bond donors (Lipinski definition) is 1. The second kappa shape index (κ2) is 7.04. The van der Waals surface area contributed by atoms with Gasteiger partial charge >= 0.3 is 5.97 Å². The first-order chi connectivity index (χ1) is 9.98. The molecule has 8 heteroatoms. The van der Waals surface area contributed by atoms with Crippen LogP contribution in [-0.4, -0.2) is 69.9 Å². The summed E-state index contributed by atoms with van der Waals surface area (Å²) in [5, 5.41) is 3.10. The molecule has 2 fully saturated rings. The Labute approximate surface area is 126 Å². The van der Waals surface area contributed by atoms with Crippen molar-refractivity contribution in [3.63, 3.8) is 0 Å². The molecule has 1 atom stereocenters. The van der Waals surface area contributed by atoms with Gasteiger partial charge in [0.05, 0.1) is 13.0 Å². The number of nitrogens with zero attached hydrogens (tertiary/aromatic N) is 2. The molecule has 1 N–H and O–H groups in total. The molecule has 0 spiro atoms. The molecule has 0 aromatic heterocycles. The van der Waals surface area contributed by atoms with E-state index in [1.54, 1.807) is 4.31 Å². The van der Waals surface area contributed by atoms with E-state index < -0.39 is 10.2 Å². The zero-order chi connectivity index (χ0) is 15.5. The zero-order valence-corrected chi connectivity index (χ0v) is 13.6. The van der Waals surface area contributed by atoms with Gasteiger partial charge in [0.1, 0.15) is 0 Å². The van der Waals surface area contributed by atoms with E-state index in [0.29, 0.717) is 44.9 Å². The van der Waals surface area contributed by atoms with Gasteiger partial charge in [-0.1, -0.05) is 0 Å². The SMILES string of the molecule is CNCC1CCN(S(=O)(=O)N2CCC(C(=O)OC)CC2)C1. The number of carbonyl (C=O) groups is 1. The zero-order valence-electron chi connectivity index (χ0n) is 12.7. The Hall–Kier alpha value is -0.700. The van der Waals surface area contributed by atoms with Crippen LogP contribution in [0, 0.1) is 11.8 Å². The molecule has 2 aliphatic heterocycles. The lowest BCUT2D eigenvalue weighted by molar-refractivity contribution is -0.146. The van der Waals surface area contributed by atoms with Crippen LogP contribution in [0.2, 0.25) is 0 Å². The third-order valence-electron chi connectivity index (χ3n) is 4.38. The van der Waals surface area contributed by atoms with Gasteiger partial charge in [-0.05, 0) is 38.8 Å². The van der Waals surface area contributed by atoms with Crippen LogP contribution in [0.5, 0.6) is 0 Å². The summed E-state index contributed by atoms with van der Waals surface area (Å²) in [6, 6.07) is 0. The number of rotatable bonds is 5. The van der Waals surface area contributed by atoms with Crippen LogP contribution in [-0.2, 0) is 19.7 Å². The summed E-state index contributed by atoms with van der Waals surface area (Å²) in [7, 11) is -0.126. The van der Waals surface area contributed by atoms with Gasteiger partial charge in [0.25, 0.3) is 10.2 Å². The highest BCUT2D eigenvalue weighted by Gasteiger charge is 2.38. The van der Waals surface area contributed by atoms with E-state index in [1.807, 2.05) is 7.05 Å². The molecule has 0 aromatic rings. The van der Waals surface area contributed by atoms with E-state index in [0.717, 1.165) is 13.0 Å². The molecule has 0 bridgehead atoms. The van der Waals surface area contributed by atoms with Gasteiger partial charge in [0.15, 0.2) is 0 Å².